The number of carbonyl (C=O) groups is 1. The first-order valence-corrected chi connectivity index (χ1v) is 11.8. The maximum atomic E-state index is 13.4. The number of carbonyl (C=O) groups excluding carboxylic acids is 1. The minimum absolute atomic E-state index is 0.0854. The Labute approximate surface area is 193 Å². The van der Waals surface area contributed by atoms with Gasteiger partial charge in [0, 0.05) is 10.6 Å². The van der Waals surface area contributed by atoms with Crippen LogP contribution in [0.25, 0.3) is 0 Å². The topological polar surface area (TPSA) is 75.7 Å². The van der Waals surface area contributed by atoms with Gasteiger partial charge in [0.1, 0.15) is 12.3 Å². The molecule has 3 aromatic rings. The molecule has 1 atom stereocenters. The van der Waals surface area contributed by atoms with E-state index < -0.39 is 22.5 Å². The maximum absolute atomic E-state index is 13.4. The van der Waals surface area contributed by atoms with Crippen molar-refractivity contribution in [3.63, 3.8) is 0 Å². The molecule has 0 saturated heterocycles. The van der Waals surface area contributed by atoms with Crippen LogP contribution in [0.2, 0.25) is 5.02 Å². The zero-order valence-corrected chi connectivity index (χ0v) is 19.7. The Morgan fingerprint density at radius 2 is 1.72 bits per heavy atom. The molecule has 168 valence electrons. The van der Waals surface area contributed by atoms with E-state index in [0.29, 0.717) is 16.5 Å². The van der Waals surface area contributed by atoms with Crippen molar-refractivity contribution < 1.29 is 17.9 Å². The summed E-state index contributed by atoms with van der Waals surface area (Å²) in [5.41, 5.74) is 1.91. The fourth-order valence-corrected chi connectivity index (χ4v) is 4.90. The van der Waals surface area contributed by atoms with Gasteiger partial charge >= 0.3 is 0 Å². The van der Waals surface area contributed by atoms with Crippen molar-refractivity contribution >= 4 is 33.2 Å². The van der Waals surface area contributed by atoms with E-state index in [2.05, 4.69) is 5.32 Å². The summed E-state index contributed by atoms with van der Waals surface area (Å²) in [6.45, 7) is 3.23. The Balaban J connectivity index is 1.92. The number of hydrogen-bond donors (Lipinski definition) is 1. The molecule has 0 radical (unpaired) electrons. The second-order valence-corrected chi connectivity index (χ2v) is 9.56. The molecule has 0 saturated carbocycles. The first-order valence-electron chi connectivity index (χ1n) is 10.00. The van der Waals surface area contributed by atoms with Crippen molar-refractivity contribution in [3.05, 3.63) is 88.9 Å². The quantitative estimate of drug-likeness (QED) is 0.514. The summed E-state index contributed by atoms with van der Waals surface area (Å²) in [6.07, 6.45) is 0. The monoisotopic (exact) mass is 472 g/mol. The molecule has 8 heteroatoms. The van der Waals surface area contributed by atoms with E-state index in [1.54, 1.807) is 49.6 Å². The number of amides is 1. The van der Waals surface area contributed by atoms with Gasteiger partial charge in [-0.25, -0.2) is 8.42 Å². The molecule has 1 N–H and O–H groups in total. The third-order valence-corrected chi connectivity index (χ3v) is 7.24. The van der Waals surface area contributed by atoms with Gasteiger partial charge in [0.15, 0.2) is 0 Å². The number of methoxy groups -OCH3 is 1. The molecule has 0 aliphatic heterocycles. The summed E-state index contributed by atoms with van der Waals surface area (Å²) in [4.78, 5) is 13.0. The van der Waals surface area contributed by atoms with Crippen LogP contribution in [0.4, 0.5) is 5.69 Å². The van der Waals surface area contributed by atoms with Crippen molar-refractivity contribution in [2.75, 3.05) is 18.0 Å². The summed E-state index contributed by atoms with van der Waals surface area (Å²) >= 11 is 6.25. The van der Waals surface area contributed by atoms with Crippen molar-refractivity contribution in [2.24, 2.45) is 0 Å². The molecule has 0 aliphatic rings. The highest BCUT2D eigenvalue weighted by Gasteiger charge is 2.28. The van der Waals surface area contributed by atoms with Crippen LogP contribution in [0.1, 0.15) is 24.1 Å². The highest BCUT2D eigenvalue weighted by molar-refractivity contribution is 7.92. The lowest BCUT2D eigenvalue weighted by Crippen LogP contribution is -2.41. The van der Waals surface area contributed by atoms with Crippen LogP contribution in [0.15, 0.2) is 77.7 Å². The molecule has 3 rings (SSSR count). The van der Waals surface area contributed by atoms with E-state index in [9.17, 15) is 13.2 Å². The number of ether oxygens (including phenoxy) is 1. The average molecular weight is 473 g/mol. The van der Waals surface area contributed by atoms with Crippen LogP contribution in [-0.4, -0.2) is 28.0 Å². The van der Waals surface area contributed by atoms with Crippen LogP contribution < -0.4 is 14.4 Å². The van der Waals surface area contributed by atoms with Gasteiger partial charge in [-0.3, -0.25) is 9.10 Å². The number of para-hydroxylation sites is 1. The predicted molar refractivity (Wildman–Crippen MR) is 127 cm³/mol. The fraction of sp³-hybridized carbons (Fsp3) is 0.208. The molecule has 0 aromatic heterocycles. The fourth-order valence-electron chi connectivity index (χ4n) is 3.29. The molecule has 1 amide bonds. The molecular formula is C24H25ClN2O4S. The first-order chi connectivity index (χ1) is 15.2. The Kier molecular flexibility index (Phi) is 7.43. The minimum Gasteiger partial charge on any atom is -0.496 e. The molecule has 0 heterocycles. The number of anilines is 1. The molecular weight excluding hydrogens is 448 g/mol. The van der Waals surface area contributed by atoms with E-state index in [1.807, 2.05) is 32.0 Å². The molecule has 0 bridgehead atoms. The number of hydrogen-bond acceptors (Lipinski definition) is 4. The van der Waals surface area contributed by atoms with E-state index >= 15 is 0 Å². The largest absolute Gasteiger partial charge is 0.496 e. The maximum Gasteiger partial charge on any atom is 0.264 e. The molecule has 0 spiro atoms. The summed E-state index contributed by atoms with van der Waals surface area (Å²) in [6, 6.07) is 19.9. The van der Waals surface area contributed by atoms with E-state index in [4.69, 9.17) is 16.3 Å². The number of nitrogens with one attached hydrogen (secondary N) is 1. The standard InChI is InChI=1S/C24H25ClN2O4S/c1-17-13-14-19(15-22(17)25)27(32(29,30)20-9-5-4-6-10-20)16-24(28)26-18(2)21-11-7-8-12-23(21)31-3/h4-15,18H,16H2,1-3H3,(H,26,28)/t18-/m0/s1. The van der Waals surface area contributed by atoms with Gasteiger partial charge in [0.25, 0.3) is 10.0 Å². The Morgan fingerprint density at radius 1 is 1.06 bits per heavy atom. The summed E-state index contributed by atoms with van der Waals surface area (Å²) in [7, 11) is -2.44. The van der Waals surface area contributed by atoms with Gasteiger partial charge in [0.05, 0.1) is 23.7 Å². The second-order valence-electron chi connectivity index (χ2n) is 7.29. The Bertz CT molecular complexity index is 1200. The van der Waals surface area contributed by atoms with Crippen molar-refractivity contribution in [3.8, 4) is 5.75 Å². The highest BCUT2D eigenvalue weighted by atomic mass is 35.5. The molecule has 3 aromatic carbocycles. The number of aryl methyl sites for hydroxylation is 1. The Hall–Kier alpha value is -3.03. The van der Waals surface area contributed by atoms with Gasteiger partial charge in [-0.05, 0) is 49.7 Å². The number of benzene rings is 3. The summed E-state index contributed by atoms with van der Waals surface area (Å²) < 4.78 is 33.2. The number of sulfonamides is 1. The van der Waals surface area contributed by atoms with E-state index in [1.165, 1.54) is 12.1 Å². The van der Waals surface area contributed by atoms with Crippen molar-refractivity contribution in [2.45, 2.75) is 24.8 Å². The van der Waals surface area contributed by atoms with Crippen LogP contribution in [0.5, 0.6) is 5.75 Å². The van der Waals surface area contributed by atoms with Crippen LogP contribution in [0.3, 0.4) is 0 Å². The number of halogens is 1. The smallest absolute Gasteiger partial charge is 0.264 e. The molecule has 0 unspecified atom stereocenters. The van der Waals surface area contributed by atoms with E-state index in [0.717, 1.165) is 15.4 Å². The van der Waals surface area contributed by atoms with Gasteiger partial charge in [-0.15, -0.1) is 0 Å². The van der Waals surface area contributed by atoms with Gasteiger partial charge in [-0.1, -0.05) is 54.1 Å². The molecule has 0 fully saturated rings. The third-order valence-electron chi connectivity index (χ3n) is 5.04. The SMILES string of the molecule is COc1ccccc1[C@H](C)NC(=O)CN(c1ccc(C)c(Cl)c1)S(=O)(=O)c1ccccc1. The minimum atomic E-state index is -4.00. The van der Waals surface area contributed by atoms with Gasteiger partial charge in [-0.2, -0.15) is 0 Å². The second kappa shape index (κ2) is 10.1. The van der Waals surface area contributed by atoms with Crippen molar-refractivity contribution in [1.29, 1.82) is 0 Å². The predicted octanol–water partition coefficient (Wildman–Crippen LogP) is 4.73. The van der Waals surface area contributed by atoms with E-state index in [-0.39, 0.29) is 10.9 Å². The summed E-state index contributed by atoms with van der Waals surface area (Å²) in [5, 5.41) is 3.28. The average Bonchev–Trinajstić information content (AvgIpc) is 2.79. The summed E-state index contributed by atoms with van der Waals surface area (Å²) in [5.74, 6) is 0.180. The lowest BCUT2D eigenvalue weighted by molar-refractivity contribution is -0.120. The normalized spacial score (nSPS) is 12.1. The number of rotatable bonds is 8. The molecule has 0 aliphatic carbocycles. The number of nitrogens with zero attached hydrogens (tertiary/aromatic N) is 1. The van der Waals surface area contributed by atoms with Gasteiger partial charge < -0.3 is 10.1 Å². The first kappa shape index (κ1) is 23.6. The Morgan fingerprint density at radius 3 is 2.38 bits per heavy atom. The zero-order chi connectivity index (χ0) is 23.3. The zero-order valence-electron chi connectivity index (χ0n) is 18.1. The van der Waals surface area contributed by atoms with Gasteiger partial charge in [0.2, 0.25) is 5.91 Å². The lowest BCUT2D eigenvalue weighted by atomic mass is 10.1. The third kappa shape index (κ3) is 5.23. The molecule has 32 heavy (non-hydrogen) atoms. The van der Waals surface area contributed by atoms with Crippen LogP contribution in [-0.2, 0) is 14.8 Å². The molecule has 6 nitrogen and oxygen atoms in total. The van der Waals surface area contributed by atoms with Crippen molar-refractivity contribution in [1.82, 2.24) is 5.32 Å². The van der Waals surface area contributed by atoms with Crippen LogP contribution >= 0.6 is 11.6 Å². The van der Waals surface area contributed by atoms with Crippen LogP contribution in [0, 0.1) is 6.92 Å². The highest BCUT2D eigenvalue weighted by Crippen LogP contribution is 2.28. The lowest BCUT2D eigenvalue weighted by Gasteiger charge is -2.26.